The van der Waals surface area contributed by atoms with Crippen molar-refractivity contribution in [1.82, 2.24) is 4.90 Å². The topological polar surface area (TPSA) is 57.6 Å². The first-order valence-corrected chi connectivity index (χ1v) is 6.87. The van der Waals surface area contributed by atoms with Crippen LogP contribution in [0.2, 0.25) is 0 Å². The average Bonchev–Trinajstić information content (AvgIpc) is 2.66. The summed E-state index contributed by atoms with van der Waals surface area (Å²) in [6, 6.07) is 3.59. The van der Waals surface area contributed by atoms with Gasteiger partial charge >= 0.3 is 5.97 Å². The third kappa shape index (κ3) is 2.41. The Balaban J connectivity index is 2.40. The number of aliphatic carboxylic acids is 1. The molecule has 2 rings (SSSR count). The van der Waals surface area contributed by atoms with Gasteiger partial charge in [-0.25, -0.2) is 0 Å². The molecule has 1 aromatic rings. The fraction of sp³-hybridized carbons (Fsp3) is 0.538. The quantitative estimate of drug-likeness (QED) is 0.895. The number of carboxylic acid groups (broad SMARTS) is 1. The second-order valence-electron chi connectivity index (χ2n) is 4.73. The third-order valence-corrected chi connectivity index (χ3v) is 4.54. The van der Waals surface area contributed by atoms with Crippen LogP contribution in [0.15, 0.2) is 12.1 Å². The zero-order valence-electron chi connectivity index (χ0n) is 10.5. The van der Waals surface area contributed by atoms with Gasteiger partial charge in [0.2, 0.25) is 5.91 Å². The summed E-state index contributed by atoms with van der Waals surface area (Å²) in [6.07, 6.45) is 1.66. The molecule has 2 unspecified atom stereocenters. The Morgan fingerprint density at radius 2 is 2.22 bits per heavy atom. The van der Waals surface area contributed by atoms with Gasteiger partial charge in [-0.1, -0.05) is 0 Å². The van der Waals surface area contributed by atoms with Gasteiger partial charge in [-0.3, -0.25) is 9.59 Å². The summed E-state index contributed by atoms with van der Waals surface area (Å²) in [6.45, 7) is 1.99. The monoisotopic (exact) mass is 267 g/mol. The number of carboxylic acids is 1. The van der Waals surface area contributed by atoms with Gasteiger partial charge in [0, 0.05) is 23.2 Å². The second-order valence-corrected chi connectivity index (χ2v) is 6.05. The number of amides is 1. The normalized spacial score (nSPS) is 25.0. The van der Waals surface area contributed by atoms with Crippen molar-refractivity contribution in [1.29, 1.82) is 0 Å². The Morgan fingerprint density at radius 3 is 2.78 bits per heavy atom. The summed E-state index contributed by atoms with van der Waals surface area (Å²) in [5.74, 6) is -1.28. The van der Waals surface area contributed by atoms with Crippen molar-refractivity contribution < 1.29 is 14.7 Å². The van der Waals surface area contributed by atoms with Gasteiger partial charge in [0.15, 0.2) is 0 Å². The van der Waals surface area contributed by atoms with Crippen LogP contribution >= 0.6 is 11.3 Å². The summed E-state index contributed by atoms with van der Waals surface area (Å²) in [5.41, 5.74) is 0. The number of likely N-dealkylation sites (tertiary alicyclic amines) is 1. The zero-order valence-corrected chi connectivity index (χ0v) is 11.4. The van der Waals surface area contributed by atoms with Crippen molar-refractivity contribution in [2.45, 2.75) is 32.2 Å². The fourth-order valence-electron chi connectivity index (χ4n) is 2.49. The molecule has 1 aromatic heterocycles. The molecule has 0 aliphatic carbocycles. The van der Waals surface area contributed by atoms with E-state index < -0.39 is 11.9 Å². The number of hydrogen-bond donors (Lipinski definition) is 1. The van der Waals surface area contributed by atoms with Crippen molar-refractivity contribution in [3.8, 4) is 0 Å². The van der Waals surface area contributed by atoms with Gasteiger partial charge in [0.1, 0.15) is 0 Å². The van der Waals surface area contributed by atoms with Gasteiger partial charge in [0.05, 0.1) is 12.0 Å². The Bertz CT molecular complexity index is 469. The predicted octanol–water partition coefficient (Wildman–Crippen LogP) is 2.44. The number of carbonyl (C=O) groups excluding carboxylic acids is 1. The molecular weight excluding hydrogens is 250 g/mol. The summed E-state index contributed by atoms with van der Waals surface area (Å²) < 4.78 is 0. The van der Waals surface area contributed by atoms with Crippen molar-refractivity contribution in [2.75, 3.05) is 7.05 Å². The second kappa shape index (κ2) is 5.10. The van der Waals surface area contributed by atoms with E-state index in [9.17, 15) is 14.7 Å². The molecule has 2 atom stereocenters. The fourth-order valence-corrected chi connectivity index (χ4v) is 3.58. The van der Waals surface area contributed by atoms with E-state index in [1.54, 1.807) is 23.3 Å². The number of hydrogen-bond acceptors (Lipinski definition) is 3. The van der Waals surface area contributed by atoms with Gasteiger partial charge in [-0.05, 0) is 31.9 Å². The summed E-state index contributed by atoms with van der Waals surface area (Å²) in [5, 5.41) is 9.37. The first kappa shape index (κ1) is 13.1. The Labute approximate surface area is 110 Å². The molecule has 5 heteroatoms. The van der Waals surface area contributed by atoms with Crippen molar-refractivity contribution in [3.63, 3.8) is 0 Å². The maximum atomic E-state index is 11.9. The lowest BCUT2D eigenvalue weighted by atomic mass is 9.94. The molecule has 0 aromatic carbocycles. The number of nitrogens with zero attached hydrogens (tertiary/aromatic N) is 1. The molecule has 98 valence electrons. The molecule has 1 N–H and O–H groups in total. The van der Waals surface area contributed by atoms with Gasteiger partial charge < -0.3 is 10.0 Å². The van der Waals surface area contributed by atoms with Gasteiger partial charge in [0.25, 0.3) is 0 Å². The lowest BCUT2D eigenvalue weighted by Gasteiger charge is -2.29. The molecule has 1 aliphatic heterocycles. The molecule has 1 aliphatic rings. The van der Waals surface area contributed by atoms with Crippen LogP contribution in [-0.4, -0.2) is 28.9 Å². The minimum atomic E-state index is -0.812. The van der Waals surface area contributed by atoms with Crippen LogP contribution in [-0.2, 0) is 9.59 Å². The number of rotatable bonds is 2. The lowest BCUT2D eigenvalue weighted by Crippen LogP contribution is -2.35. The molecule has 4 nitrogen and oxygen atoms in total. The maximum Gasteiger partial charge on any atom is 0.308 e. The maximum absolute atomic E-state index is 11.9. The summed E-state index contributed by atoms with van der Waals surface area (Å²) in [7, 11) is 1.71. The van der Waals surface area contributed by atoms with Gasteiger partial charge in [-0.15, -0.1) is 11.3 Å². The largest absolute Gasteiger partial charge is 0.481 e. The van der Waals surface area contributed by atoms with Crippen LogP contribution in [0.25, 0.3) is 0 Å². The number of carbonyl (C=O) groups is 2. The molecule has 0 spiro atoms. The zero-order chi connectivity index (χ0) is 13.3. The predicted molar refractivity (Wildman–Crippen MR) is 69.5 cm³/mol. The summed E-state index contributed by atoms with van der Waals surface area (Å²) >= 11 is 1.57. The van der Waals surface area contributed by atoms with Crippen LogP contribution in [0.5, 0.6) is 0 Å². The molecule has 0 radical (unpaired) electrons. The van der Waals surface area contributed by atoms with Crippen LogP contribution in [0.4, 0.5) is 0 Å². The minimum absolute atomic E-state index is 0.0369. The molecule has 18 heavy (non-hydrogen) atoms. The molecular formula is C13H17NO3S. The Morgan fingerprint density at radius 1 is 1.50 bits per heavy atom. The molecule has 0 saturated carbocycles. The average molecular weight is 267 g/mol. The van der Waals surface area contributed by atoms with Crippen LogP contribution in [0.1, 0.15) is 35.1 Å². The van der Waals surface area contributed by atoms with Gasteiger partial charge in [-0.2, -0.15) is 0 Å². The van der Waals surface area contributed by atoms with E-state index in [0.29, 0.717) is 19.3 Å². The van der Waals surface area contributed by atoms with E-state index in [0.717, 1.165) is 9.75 Å². The lowest BCUT2D eigenvalue weighted by molar-refractivity contribution is -0.145. The smallest absolute Gasteiger partial charge is 0.308 e. The first-order valence-electron chi connectivity index (χ1n) is 6.05. The van der Waals surface area contributed by atoms with Crippen molar-refractivity contribution in [2.24, 2.45) is 5.92 Å². The molecule has 1 amide bonds. The molecule has 1 saturated heterocycles. The Hall–Kier alpha value is -1.36. The van der Waals surface area contributed by atoms with Crippen LogP contribution in [0.3, 0.4) is 0 Å². The molecule has 0 bridgehead atoms. The van der Waals surface area contributed by atoms with Crippen molar-refractivity contribution >= 4 is 23.2 Å². The van der Waals surface area contributed by atoms with Crippen molar-refractivity contribution in [3.05, 3.63) is 21.9 Å². The summed E-state index contributed by atoms with van der Waals surface area (Å²) in [4.78, 5) is 27.0. The number of thiophene rings is 1. The van der Waals surface area contributed by atoms with E-state index in [-0.39, 0.29) is 11.9 Å². The first-order chi connectivity index (χ1) is 8.50. The molecule has 1 fully saturated rings. The highest BCUT2D eigenvalue weighted by Gasteiger charge is 2.37. The highest BCUT2D eigenvalue weighted by Crippen LogP contribution is 2.37. The minimum Gasteiger partial charge on any atom is -0.481 e. The van der Waals surface area contributed by atoms with Crippen LogP contribution < -0.4 is 0 Å². The van der Waals surface area contributed by atoms with E-state index >= 15 is 0 Å². The third-order valence-electron chi connectivity index (χ3n) is 3.47. The SMILES string of the molecule is Cc1ccc(C2C(C(=O)O)CCCC(=O)N2C)s1. The highest BCUT2D eigenvalue weighted by atomic mass is 32.1. The van der Waals surface area contributed by atoms with E-state index in [4.69, 9.17) is 0 Å². The van der Waals surface area contributed by atoms with E-state index in [1.807, 2.05) is 19.1 Å². The number of aryl methyl sites for hydroxylation is 1. The van der Waals surface area contributed by atoms with E-state index in [2.05, 4.69) is 0 Å². The standard InChI is InChI=1S/C13H17NO3S/c1-8-6-7-10(18-8)12-9(13(16)17)4-3-5-11(15)14(12)2/h6-7,9,12H,3-5H2,1-2H3,(H,16,17). The Kier molecular flexibility index (Phi) is 3.71. The van der Waals surface area contributed by atoms with E-state index in [1.165, 1.54) is 0 Å². The van der Waals surface area contributed by atoms with Crippen LogP contribution in [0, 0.1) is 12.8 Å². The molecule has 2 heterocycles. The highest BCUT2D eigenvalue weighted by molar-refractivity contribution is 7.12.